The molecule has 0 bridgehead atoms. The first-order valence-electron chi connectivity index (χ1n) is 9.48. The number of halogens is 1. The van der Waals surface area contributed by atoms with Gasteiger partial charge in [-0.05, 0) is 47.7 Å². The van der Waals surface area contributed by atoms with Crippen molar-refractivity contribution in [1.29, 1.82) is 0 Å². The van der Waals surface area contributed by atoms with Gasteiger partial charge in [0, 0.05) is 12.0 Å². The Kier molecular flexibility index (Phi) is 6.70. The number of hydrogen-bond acceptors (Lipinski definition) is 1. The lowest BCUT2D eigenvalue weighted by Gasteiger charge is -2.08. The Morgan fingerprint density at radius 1 is 1.04 bits per heavy atom. The van der Waals surface area contributed by atoms with Gasteiger partial charge in [0.15, 0.2) is 0 Å². The Morgan fingerprint density at radius 3 is 2.33 bits per heavy atom. The van der Waals surface area contributed by atoms with Gasteiger partial charge in [0.25, 0.3) is 5.91 Å². The Balaban J connectivity index is 1.65. The molecule has 2 aromatic carbocycles. The standard InChI is InChI=1S/C24H24ClNO/c1-2-3-4-6-18-9-11-19(12-10-18)20-13-15-21(16-14-20)24(27)26-23-8-5-7-22(25)17-23/h5,8-16H,2-4,6-7H2,1H3,(H,26,27). The SMILES string of the molecule is CCCCCc1ccc(-c2ccc(C(=O)NC3=C=C(Cl)CC=C3)cc2)cc1. The zero-order valence-electron chi connectivity index (χ0n) is 15.6. The number of unbranched alkanes of at least 4 members (excludes halogenated alkanes) is 2. The first-order chi connectivity index (χ1) is 13.2. The maximum Gasteiger partial charge on any atom is 0.256 e. The van der Waals surface area contributed by atoms with E-state index in [0.29, 0.717) is 22.7 Å². The zero-order valence-corrected chi connectivity index (χ0v) is 16.4. The van der Waals surface area contributed by atoms with Crippen LogP contribution in [0.5, 0.6) is 0 Å². The van der Waals surface area contributed by atoms with E-state index in [1.54, 1.807) is 0 Å². The minimum Gasteiger partial charge on any atom is -0.315 e. The number of amides is 1. The normalized spacial score (nSPS) is 13.1. The lowest BCUT2D eigenvalue weighted by atomic mass is 10.0. The van der Waals surface area contributed by atoms with Gasteiger partial charge in [-0.1, -0.05) is 79.6 Å². The van der Waals surface area contributed by atoms with Crippen LogP contribution in [0, 0.1) is 0 Å². The van der Waals surface area contributed by atoms with Gasteiger partial charge >= 0.3 is 0 Å². The highest BCUT2D eigenvalue weighted by Gasteiger charge is 2.08. The number of rotatable bonds is 7. The molecule has 0 aliphatic heterocycles. The van der Waals surface area contributed by atoms with E-state index in [1.165, 1.54) is 24.8 Å². The molecule has 1 amide bonds. The van der Waals surface area contributed by atoms with Gasteiger partial charge in [-0.25, -0.2) is 0 Å². The molecule has 0 heterocycles. The quantitative estimate of drug-likeness (QED) is 0.440. The van der Waals surface area contributed by atoms with Crippen molar-refractivity contribution < 1.29 is 4.79 Å². The second-order valence-corrected chi connectivity index (χ2v) is 7.19. The van der Waals surface area contributed by atoms with Gasteiger partial charge in [0.05, 0.1) is 10.7 Å². The van der Waals surface area contributed by atoms with Gasteiger partial charge in [-0.15, -0.1) is 0 Å². The van der Waals surface area contributed by atoms with Crippen LogP contribution >= 0.6 is 11.6 Å². The van der Waals surface area contributed by atoms with Crippen LogP contribution in [0.3, 0.4) is 0 Å². The van der Waals surface area contributed by atoms with Crippen molar-refractivity contribution in [2.75, 3.05) is 0 Å². The van der Waals surface area contributed by atoms with Crippen LogP contribution in [0.15, 0.2) is 77.1 Å². The molecule has 1 aliphatic carbocycles. The van der Waals surface area contributed by atoms with Gasteiger partial charge in [-0.2, -0.15) is 0 Å². The molecule has 3 heteroatoms. The lowest BCUT2D eigenvalue weighted by Crippen LogP contribution is -2.21. The summed E-state index contributed by atoms with van der Waals surface area (Å²) >= 11 is 5.96. The average Bonchev–Trinajstić information content (AvgIpc) is 2.69. The molecule has 2 nitrogen and oxygen atoms in total. The van der Waals surface area contributed by atoms with E-state index < -0.39 is 0 Å². The number of carbonyl (C=O) groups excluding carboxylic acids is 1. The molecule has 0 atom stereocenters. The summed E-state index contributed by atoms with van der Waals surface area (Å²) in [6.45, 7) is 2.22. The molecule has 0 saturated carbocycles. The molecular formula is C24H24ClNO. The Labute approximate surface area is 166 Å². The molecule has 3 rings (SSSR count). The van der Waals surface area contributed by atoms with Crippen LogP contribution in [-0.4, -0.2) is 5.91 Å². The smallest absolute Gasteiger partial charge is 0.256 e. The van der Waals surface area contributed by atoms with E-state index in [4.69, 9.17) is 11.6 Å². The van der Waals surface area contributed by atoms with Crippen LogP contribution in [0.1, 0.15) is 48.5 Å². The van der Waals surface area contributed by atoms with E-state index >= 15 is 0 Å². The summed E-state index contributed by atoms with van der Waals surface area (Å²) in [5.41, 5.74) is 7.81. The molecule has 138 valence electrons. The molecular weight excluding hydrogens is 354 g/mol. The summed E-state index contributed by atoms with van der Waals surface area (Å²) in [5.74, 6) is -0.161. The van der Waals surface area contributed by atoms with Crippen molar-refractivity contribution in [3.63, 3.8) is 0 Å². The summed E-state index contributed by atoms with van der Waals surface area (Å²) in [6, 6.07) is 16.4. The highest BCUT2D eigenvalue weighted by molar-refractivity contribution is 6.29. The van der Waals surface area contributed by atoms with E-state index in [2.05, 4.69) is 42.2 Å². The van der Waals surface area contributed by atoms with E-state index in [9.17, 15) is 4.79 Å². The summed E-state index contributed by atoms with van der Waals surface area (Å²) in [7, 11) is 0. The second-order valence-electron chi connectivity index (χ2n) is 6.74. The van der Waals surface area contributed by atoms with Gasteiger partial charge in [-0.3, -0.25) is 4.79 Å². The van der Waals surface area contributed by atoms with E-state index in [0.717, 1.165) is 17.5 Å². The van der Waals surface area contributed by atoms with Crippen LogP contribution in [0.4, 0.5) is 0 Å². The van der Waals surface area contributed by atoms with E-state index in [-0.39, 0.29) is 5.91 Å². The number of hydrogen-bond donors (Lipinski definition) is 1. The van der Waals surface area contributed by atoms with Crippen molar-refractivity contribution >= 4 is 17.5 Å². The van der Waals surface area contributed by atoms with Crippen LogP contribution in [0.25, 0.3) is 11.1 Å². The Morgan fingerprint density at radius 2 is 1.70 bits per heavy atom. The molecule has 27 heavy (non-hydrogen) atoms. The molecule has 1 N–H and O–H groups in total. The van der Waals surface area contributed by atoms with Crippen LogP contribution < -0.4 is 5.32 Å². The van der Waals surface area contributed by atoms with Crippen LogP contribution in [-0.2, 0) is 6.42 Å². The molecule has 0 saturated heterocycles. The van der Waals surface area contributed by atoms with Crippen molar-refractivity contribution in [3.05, 3.63) is 88.3 Å². The molecule has 1 aliphatic rings. The minimum absolute atomic E-state index is 0.161. The number of allylic oxidation sites excluding steroid dienone is 2. The number of nitrogens with one attached hydrogen (secondary N) is 1. The van der Waals surface area contributed by atoms with Gasteiger partial charge in [0.2, 0.25) is 0 Å². The molecule has 0 fully saturated rings. The first kappa shape index (κ1) is 19.2. The third-order valence-electron chi connectivity index (χ3n) is 4.60. The van der Waals surface area contributed by atoms with Gasteiger partial charge in [0.1, 0.15) is 0 Å². The van der Waals surface area contributed by atoms with Gasteiger partial charge < -0.3 is 5.32 Å². The molecule has 0 spiro atoms. The fourth-order valence-corrected chi connectivity index (χ4v) is 3.23. The fourth-order valence-electron chi connectivity index (χ4n) is 3.04. The highest BCUT2D eigenvalue weighted by Crippen LogP contribution is 2.21. The topological polar surface area (TPSA) is 29.1 Å². The minimum atomic E-state index is -0.161. The summed E-state index contributed by atoms with van der Waals surface area (Å²) in [4.78, 5) is 12.4. The van der Waals surface area contributed by atoms with Crippen molar-refractivity contribution in [3.8, 4) is 11.1 Å². The molecule has 0 unspecified atom stereocenters. The van der Waals surface area contributed by atoms with Crippen LogP contribution in [0.2, 0.25) is 0 Å². The molecule has 0 aromatic heterocycles. The molecule has 0 radical (unpaired) electrons. The third-order valence-corrected chi connectivity index (χ3v) is 4.85. The Bertz CT molecular complexity index is 885. The highest BCUT2D eigenvalue weighted by atomic mass is 35.5. The molecule has 2 aromatic rings. The third kappa shape index (κ3) is 5.47. The monoisotopic (exact) mass is 377 g/mol. The second kappa shape index (κ2) is 9.41. The number of benzene rings is 2. The predicted molar refractivity (Wildman–Crippen MR) is 113 cm³/mol. The Hall–Kier alpha value is -2.54. The summed E-state index contributed by atoms with van der Waals surface area (Å²) < 4.78 is 0. The number of carbonyl (C=O) groups is 1. The van der Waals surface area contributed by atoms with Crippen molar-refractivity contribution in [1.82, 2.24) is 5.32 Å². The van der Waals surface area contributed by atoms with Crippen molar-refractivity contribution in [2.24, 2.45) is 0 Å². The maximum atomic E-state index is 12.4. The average molecular weight is 378 g/mol. The first-order valence-corrected chi connectivity index (χ1v) is 9.86. The van der Waals surface area contributed by atoms with E-state index in [1.807, 2.05) is 36.4 Å². The fraction of sp³-hybridized carbons (Fsp3) is 0.250. The summed E-state index contributed by atoms with van der Waals surface area (Å²) in [5, 5.41) is 3.43. The predicted octanol–water partition coefficient (Wildman–Crippen LogP) is 6.38. The summed E-state index contributed by atoms with van der Waals surface area (Å²) in [6.07, 6.45) is 9.28. The lowest BCUT2D eigenvalue weighted by molar-refractivity contribution is 0.0967. The maximum absolute atomic E-state index is 12.4. The zero-order chi connectivity index (χ0) is 19.1. The largest absolute Gasteiger partial charge is 0.315 e. The van der Waals surface area contributed by atoms with Crippen molar-refractivity contribution in [2.45, 2.75) is 39.0 Å². The number of aryl methyl sites for hydroxylation is 1.